The normalized spacial score (nSPS) is 15.2. The van der Waals surface area contributed by atoms with Crippen LogP contribution in [0.2, 0.25) is 5.02 Å². The number of carboxylic acid groups (broad SMARTS) is 1. The maximum atomic E-state index is 12.9. The molecule has 8 nitrogen and oxygen atoms in total. The van der Waals surface area contributed by atoms with Crippen molar-refractivity contribution in [1.82, 2.24) is 9.62 Å². The van der Waals surface area contributed by atoms with Gasteiger partial charge in [0.25, 0.3) is 0 Å². The molecule has 0 aliphatic carbocycles. The minimum Gasteiger partial charge on any atom is -0.495 e. The highest BCUT2D eigenvalue weighted by molar-refractivity contribution is 7.89. The number of halogens is 1. The van der Waals surface area contributed by atoms with Crippen LogP contribution < -0.4 is 15.4 Å². The van der Waals surface area contributed by atoms with E-state index in [0.29, 0.717) is 35.1 Å². The highest BCUT2D eigenvalue weighted by Gasteiger charge is 2.28. The van der Waals surface area contributed by atoms with Crippen LogP contribution in [-0.2, 0) is 14.8 Å². The van der Waals surface area contributed by atoms with Gasteiger partial charge < -0.3 is 20.5 Å². The first kappa shape index (κ1) is 24.2. The average molecular weight is 498 g/mol. The van der Waals surface area contributed by atoms with E-state index in [-0.39, 0.29) is 16.4 Å². The average Bonchev–Trinajstić information content (AvgIpc) is 3.29. The lowest BCUT2D eigenvalue weighted by Gasteiger charge is -2.21. The first-order valence-corrected chi connectivity index (χ1v) is 12.2. The molecule has 1 saturated heterocycles. The monoisotopic (exact) mass is 497 g/mol. The molecule has 1 atom stereocenters. The molecule has 1 heterocycles. The standard InChI is InChI=1S/C21H24ClN3O5S2/c1-30-19-9-8-16(32(28,29)25-10-2-3-11-25)12-18(19)24-21(31)23-17(13-20(26)27)14-4-6-15(22)7-5-14/h4-9,12,17H,2-3,10-11,13H2,1H3,(H,26,27)(H2,23,24,31)/t17-/m1/s1. The highest BCUT2D eigenvalue weighted by Crippen LogP contribution is 2.30. The van der Waals surface area contributed by atoms with Gasteiger partial charge in [0.1, 0.15) is 5.75 Å². The summed E-state index contributed by atoms with van der Waals surface area (Å²) in [7, 11) is -2.16. The van der Waals surface area contributed by atoms with Crippen molar-refractivity contribution in [3.63, 3.8) is 0 Å². The first-order chi connectivity index (χ1) is 15.2. The summed E-state index contributed by atoms with van der Waals surface area (Å²) >= 11 is 11.3. The van der Waals surface area contributed by atoms with E-state index in [1.807, 2.05) is 0 Å². The SMILES string of the molecule is COc1ccc(S(=O)(=O)N2CCCC2)cc1NC(=S)N[C@H](CC(=O)O)c1ccc(Cl)cc1. The molecule has 172 valence electrons. The molecular formula is C21H24ClN3O5S2. The number of carbonyl (C=O) groups is 1. The Balaban J connectivity index is 1.81. The molecule has 0 radical (unpaired) electrons. The third-order valence-electron chi connectivity index (χ3n) is 5.08. The Kier molecular flexibility index (Phi) is 7.94. The second-order valence-corrected chi connectivity index (χ2v) is 10.1. The smallest absolute Gasteiger partial charge is 0.305 e. The number of sulfonamides is 1. The number of anilines is 1. The number of ether oxygens (including phenoxy) is 1. The zero-order valence-electron chi connectivity index (χ0n) is 17.4. The van der Waals surface area contributed by atoms with Crippen molar-refractivity contribution < 1.29 is 23.1 Å². The fourth-order valence-electron chi connectivity index (χ4n) is 3.46. The Morgan fingerprint density at radius 3 is 2.47 bits per heavy atom. The molecule has 2 aromatic carbocycles. The van der Waals surface area contributed by atoms with Gasteiger partial charge in [0, 0.05) is 18.1 Å². The van der Waals surface area contributed by atoms with Gasteiger partial charge in [-0.2, -0.15) is 4.31 Å². The van der Waals surface area contributed by atoms with Crippen LogP contribution in [0, 0.1) is 0 Å². The number of methoxy groups -OCH3 is 1. The molecule has 0 unspecified atom stereocenters. The first-order valence-electron chi connectivity index (χ1n) is 9.93. The molecule has 0 spiro atoms. The van der Waals surface area contributed by atoms with Crippen LogP contribution in [-0.4, -0.2) is 49.1 Å². The van der Waals surface area contributed by atoms with E-state index in [0.717, 1.165) is 12.8 Å². The number of thiocarbonyl (C=S) groups is 1. The Labute approximate surface area is 197 Å². The third kappa shape index (κ3) is 5.89. The predicted molar refractivity (Wildman–Crippen MR) is 127 cm³/mol. The molecule has 2 aromatic rings. The molecule has 0 bridgehead atoms. The second-order valence-electron chi connectivity index (χ2n) is 7.27. The van der Waals surface area contributed by atoms with Gasteiger partial charge in [0.05, 0.1) is 30.2 Å². The fraction of sp³-hybridized carbons (Fsp3) is 0.333. The molecule has 3 rings (SSSR count). The molecular weight excluding hydrogens is 474 g/mol. The summed E-state index contributed by atoms with van der Waals surface area (Å²) in [5.41, 5.74) is 1.05. The van der Waals surface area contributed by atoms with E-state index < -0.39 is 22.0 Å². The summed E-state index contributed by atoms with van der Waals surface area (Å²) in [6.07, 6.45) is 1.46. The molecule has 32 heavy (non-hydrogen) atoms. The Bertz CT molecular complexity index is 1090. The van der Waals surface area contributed by atoms with Crippen molar-refractivity contribution in [2.75, 3.05) is 25.5 Å². The number of nitrogens with zero attached hydrogens (tertiary/aromatic N) is 1. The van der Waals surface area contributed by atoms with Crippen molar-refractivity contribution in [2.45, 2.75) is 30.2 Å². The lowest BCUT2D eigenvalue weighted by molar-refractivity contribution is -0.137. The fourth-order valence-corrected chi connectivity index (χ4v) is 5.38. The van der Waals surface area contributed by atoms with Crippen LogP contribution in [0.5, 0.6) is 5.75 Å². The lowest BCUT2D eigenvalue weighted by atomic mass is 10.0. The van der Waals surface area contributed by atoms with Crippen LogP contribution in [0.3, 0.4) is 0 Å². The minimum absolute atomic E-state index is 0.125. The van der Waals surface area contributed by atoms with Crippen LogP contribution in [0.1, 0.15) is 30.9 Å². The number of hydrogen-bond acceptors (Lipinski definition) is 5. The largest absolute Gasteiger partial charge is 0.495 e. The van der Waals surface area contributed by atoms with E-state index in [1.165, 1.54) is 23.5 Å². The maximum Gasteiger partial charge on any atom is 0.305 e. The minimum atomic E-state index is -3.62. The molecule has 11 heteroatoms. The summed E-state index contributed by atoms with van der Waals surface area (Å²) in [6, 6.07) is 10.7. The van der Waals surface area contributed by atoms with E-state index in [1.54, 1.807) is 30.3 Å². The Morgan fingerprint density at radius 2 is 1.88 bits per heavy atom. The summed E-state index contributed by atoms with van der Waals surface area (Å²) in [6.45, 7) is 0.990. The molecule has 0 aromatic heterocycles. The summed E-state index contributed by atoms with van der Waals surface area (Å²) < 4.78 is 32.6. The highest BCUT2D eigenvalue weighted by atomic mass is 35.5. The van der Waals surface area contributed by atoms with Gasteiger partial charge >= 0.3 is 5.97 Å². The quantitative estimate of drug-likeness (QED) is 0.474. The lowest BCUT2D eigenvalue weighted by Crippen LogP contribution is -2.34. The number of rotatable bonds is 8. The maximum absolute atomic E-state index is 12.9. The van der Waals surface area contributed by atoms with Gasteiger partial charge in [-0.05, 0) is 61.0 Å². The molecule has 0 saturated carbocycles. The van der Waals surface area contributed by atoms with Crippen molar-refractivity contribution in [2.24, 2.45) is 0 Å². The number of hydrogen-bond donors (Lipinski definition) is 3. The second kappa shape index (κ2) is 10.5. The van der Waals surface area contributed by atoms with Gasteiger partial charge in [-0.15, -0.1) is 0 Å². The topological polar surface area (TPSA) is 108 Å². The number of carboxylic acids is 1. The zero-order chi connectivity index (χ0) is 23.3. The molecule has 0 amide bonds. The molecule has 1 aliphatic rings. The van der Waals surface area contributed by atoms with Gasteiger partial charge in [0.15, 0.2) is 5.11 Å². The van der Waals surface area contributed by atoms with Gasteiger partial charge in [0.2, 0.25) is 10.0 Å². The van der Waals surface area contributed by atoms with E-state index in [4.69, 9.17) is 28.6 Å². The van der Waals surface area contributed by atoms with Gasteiger partial charge in [-0.25, -0.2) is 8.42 Å². The number of aliphatic carboxylic acids is 1. The Morgan fingerprint density at radius 1 is 1.22 bits per heavy atom. The molecule has 1 aliphatic heterocycles. The molecule has 3 N–H and O–H groups in total. The van der Waals surface area contributed by atoms with E-state index in [9.17, 15) is 18.3 Å². The summed E-state index contributed by atoms with van der Waals surface area (Å²) in [4.78, 5) is 11.5. The van der Waals surface area contributed by atoms with Crippen molar-refractivity contribution in [3.05, 3.63) is 53.1 Å². The zero-order valence-corrected chi connectivity index (χ0v) is 19.8. The van der Waals surface area contributed by atoms with Crippen LogP contribution >= 0.6 is 23.8 Å². The van der Waals surface area contributed by atoms with Crippen LogP contribution in [0.15, 0.2) is 47.4 Å². The number of benzene rings is 2. The Hall–Kier alpha value is -2.40. The summed E-state index contributed by atoms with van der Waals surface area (Å²) in [5, 5.41) is 15.9. The van der Waals surface area contributed by atoms with E-state index in [2.05, 4.69) is 10.6 Å². The van der Waals surface area contributed by atoms with Crippen molar-refractivity contribution in [3.8, 4) is 5.75 Å². The van der Waals surface area contributed by atoms with Crippen molar-refractivity contribution >= 4 is 50.6 Å². The van der Waals surface area contributed by atoms with Crippen molar-refractivity contribution in [1.29, 1.82) is 0 Å². The predicted octanol–water partition coefficient (Wildman–Crippen LogP) is 3.64. The third-order valence-corrected chi connectivity index (χ3v) is 7.44. The number of nitrogens with one attached hydrogen (secondary N) is 2. The van der Waals surface area contributed by atoms with Gasteiger partial charge in [-0.1, -0.05) is 23.7 Å². The van der Waals surface area contributed by atoms with Crippen LogP contribution in [0.25, 0.3) is 0 Å². The van der Waals surface area contributed by atoms with Gasteiger partial charge in [-0.3, -0.25) is 4.79 Å². The van der Waals surface area contributed by atoms with E-state index >= 15 is 0 Å². The summed E-state index contributed by atoms with van der Waals surface area (Å²) in [5.74, 6) is -0.604. The van der Waals surface area contributed by atoms with Crippen LogP contribution in [0.4, 0.5) is 5.69 Å². The molecule has 1 fully saturated rings.